The smallest absolute Gasteiger partial charge is 0.228 e. The normalized spacial score (nSPS) is 18.7. The Morgan fingerprint density at radius 3 is 2.47 bits per heavy atom. The first-order valence-corrected chi connectivity index (χ1v) is 7.50. The maximum absolute atomic E-state index is 11.3. The highest BCUT2D eigenvalue weighted by atomic mass is 32.2. The molecule has 2 rings (SSSR count). The number of hydrogen-bond donors (Lipinski definition) is 1. The van der Waals surface area contributed by atoms with E-state index in [1.165, 1.54) is 12.1 Å². The molecule has 15 heavy (non-hydrogen) atoms. The average Bonchev–Trinajstić information content (AvgIpc) is 2.35. The molecule has 1 aliphatic heterocycles. The number of fused-ring (bicyclic) bond motifs is 1. The molecule has 0 bridgehead atoms. The van der Waals surface area contributed by atoms with Crippen LogP contribution in [0, 0.1) is 0 Å². The zero-order valence-electron chi connectivity index (χ0n) is 7.67. The minimum atomic E-state index is -3.84. The van der Waals surface area contributed by atoms with Crippen molar-refractivity contribution in [2.45, 2.75) is 16.4 Å². The van der Waals surface area contributed by atoms with Crippen LogP contribution in [0.15, 0.2) is 23.1 Å². The van der Waals surface area contributed by atoms with Crippen LogP contribution < -0.4 is 5.14 Å². The molecule has 1 aromatic carbocycles. The summed E-state index contributed by atoms with van der Waals surface area (Å²) >= 11 is 0. The van der Waals surface area contributed by atoms with Crippen LogP contribution in [0.2, 0.25) is 0 Å². The number of primary sulfonamides is 1. The van der Waals surface area contributed by atoms with E-state index in [-0.39, 0.29) is 16.4 Å². The molecule has 0 spiro atoms. The topological polar surface area (TPSA) is 94.3 Å². The van der Waals surface area contributed by atoms with Crippen LogP contribution in [0.5, 0.6) is 0 Å². The Labute approximate surface area is 87.9 Å². The molecule has 1 aromatic rings. The molecule has 0 unspecified atom stereocenters. The maximum atomic E-state index is 11.3. The number of hydrogen-bond acceptors (Lipinski definition) is 4. The van der Waals surface area contributed by atoms with Gasteiger partial charge in [-0.3, -0.25) is 0 Å². The van der Waals surface area contributed by atoms with E-state index < -0.39 is 19.9 Å². The first-order valence-electron chi connectivity index (χ1n) is 4.13. The molecule has 0 atom stereocenters. The number of rotatable bonds is 1. The van der Waals surface area contributed by atoms with Gasteiger partial charge in [-0.05, 0) is 17.2 Å². The van der Waals surface area contributed by atoms with Gasteiger partial charge in [-0.1, -0.05) is 12.1 Å². The lowest BCUT2D eigenvalue weighted by Gasteiger charge is -2.03. The largest absolute Gasteiger partial charge is 0.238 e. The summed E-state index contributed by atoms with van der Waals surface area (Å²) in [6, 6.07) is 4.43. The van der Waals surface area contributed by atoms with Gasteiger partial charge < -0.3 is 0 Å². The number of benzene rings is 1. The van der Waals surface area contributed by atoms with Crippen molar-refractivity contribution < 1.29 is 16.8 Å². The van der Waals surface area contributed by atoms with Crippen molar-refractivity contribution in [2.75, 3.05) is 0 Å². The van der Waals surface area contributed by atoms with Crippen LogP contribution in [0.4, 0.5) is 0 Å². The van der Waals surface area contributed by atoms with Crippen molar-refractivity contribution in [1.29, 1.82) is 0 Å². The Morgan fingerprint density at radius 1 is 1.20 bits per heavy atom. The van der Waals surface area contributed by atoms with E-state index in [1.54, 1.807) is 6.07 Å². The maximum Gasteiger partial charge on any atom is 0.238 e. The fraction of sp³-hybridized carbons (Fsp3) is 0.250. The van der Waals surface area contributed by atoms with Crippen LogP contribution >= 0.6 is 0 Å². The van der Waals surface area contributed by atoms with Crippen molar-refractivity contribution in [3.05, 3.63) is 29.3 Å². The standard InChI is InChI=1S/C8H9NO4S2/c9-15(12,13)8-3-1-2-6-4-14(10,11)5-7(6)8/h1-3H,4-5H2,(H2,9,12,13). The summed E-state index contributed by atoms with van der Waals surface area (Å²) in [4.78, 5) is -0.0823. The summed E-state index contributed by atoms with van der Waals surface area (Å²) in [6.07, 6.45) is 0. The lowest BCUT2D eigenvalue weighted by molar-refractivity contribution is 0.596. The van der Waals surface area contributed by atoms with Gasteiger partial charge in [0.1, 0.15) is 0 Å². The highest BCUT2D eigenvalue weighted by molar-refractivity contribution is 7.90. The minimum absolute atomic E-state index is 0.0823. The summed E-state index contributed by atoms with van der Waals surface area (Å²) in [5.41, 5.74) is 0.849. The van der Waals surface area contributed by atoms with Crippen molar-refractivity contribution >= 4 is 19.9 Å². The molecular formula is C8H9NO4S2. The van der Waals surface area contributed by atoms with Gasteiger partial charge in [-0.15, -0.1) is 0 Å². The Balaban J connectivity index is 2.72. The van der Waals surface area contributed by atoms with Gasteiger partial charge in [0.15, 0.2) is 9.84 Å². The van der Waals surface area contributed by atoms with Crippen molar-refractivity contribution in [3.63, 3.8) is 0 Å². The predicted octanol–water partition coefficient (Wildman–Crippen LogP) is -0.238. The van der Waals surface area contributed by atoms with Crippen molar-refractivity contribution in [3.8, 4) is 0 Å². The van der Waals surface area contributed by atoms with Crippen LogP contribution in [0.25, 0.3) is 0 Å². The number of sulfone groups is 1. The van der Waals surface area contributed by atoms with E-state index >= 15 is 0 Å². The van der Waals surface area contributed by atoms with Gasteiger partial charge in [0, 0.05) is 0 Å². The molecule has 0 aromatic heterocycles. The van der Waals surface area contributed by atoms with Crippen molar-refractivity contribution in [1.82, 2.24) is 0 Å². The second-order valence-corrected chi connectivity index (χ2v) is 7.07. The third-order valence-electron chi connectivity index (χ3n) is 2.28. The molecule has 1 aliphatic rings. The Kier molecular flexibility index (Phi) is 2.14. The lowest BCUT2D eigenvalue weighted by Crippen LogP contribution is -2.14. The molecule has 5 nitrogen and oxygen atoms in total. The molecule has 1 heterocycles. The molecule has 2 N–H and O–H groups in total. The zero-order chi connectivity index (χ0) is 11.3. The minimum Gasteiger partial charge on any atom is -0.228 e. The van der Waals surface area contributed by atoms with Gasteiger partial charge in [0.2, 0.25) is 10.0 Å². The Hall–Kier alpha value is -0.920. The summed E-state index contributed by atoms with van der Waals surface area (Å²) < 4.78 is 45.0. The van der Waals surface area contributed by atoms with Crippen LogP contribution in [-0.4, -0.2) is 16.8 Å². The highest BCUT2D eigenvalue weighted by Gasteiger charge is 2.29. The molecule has 82 valence electrons. The molecule has 0 aliphatic carbocycles. The van der Waals surface area contributed by atoms with Gasteiger partial charge in [-0.2, -0.15) is 0 Å². The monoisotopic (exact) mass is 247 g/mol. The third kappa shape index (κ3) is 1.90. The van der Waals surface area contributed by atoms with Crippen LogP contribution in [0.1, 0.15) is 11.1 Å². The molecule has 0 amide bonds. The van der Waals surface area contributed by atoms with Gasteiger partial charge in [0.05, 0.1) is 16.4 Å². The zero-order valence-corrected chi connectivity index (χ0v) is 9.31. The first kappa shape index (κ1) is 10.6. The van der Waals surface area contributed by atoms with E-state index in [2.05, 4.69) is 0 Å². The Morgan fingerprint density at radius 2 is 1.87 bits per heavy atom. The summed E-state index contributed by atoms with van der Waals surface area (Å²) in [5, 5.41) is 5.00. The Bertz CT molecular complexity index is 616. The van der Waals surface area contributed by atoms with Gasteiger partial charge in [-0.25, -0.2) is 22.0 Å². The average molecular weight is 247 g/mol. The molecular weight excluding hydrogens is 238 g/mol. The highest BCUT2D eigenvalue weighted by Crippen LogP contribution is 2.29. The fourth-order valence-electron chi connectivity index (χ4n) is 1.68. The van der Waals surface area contributed by atoms with Crippen LogP contribution in [-0.2, 0) is 31.4 Å². The third-order valence-corrected chi connectivity index (χ3v) is 4.75. The molecule has 0 saturated heterocycles. The second-order valence-electron chi connectivity index (χ2n) is 3.47. The molecule has 0 radical (unpaired) electrons. The number of nitrogens with two attached hydrogens (primary N) is 1. The van der Waals surface area contributed by atoms with Crippen molar-refractivity contribution in [2.24, 2.45) is 5.14 Å². The van der Waals surface area contributed by atoms with E-state index in [1.807, 2.05) is 0 Å². The molecule has 0 fully saturated rings. The molecule has 7 heteroatoms. The molecule has 0 saturated carbocycles. The van der Waals surface area contributed by atoms with Gasteiger partial charge >= 0.3 is 0 Å². The van der Waals surface area contributed by atoms with Gasteiger partial charge in [0.25, 0.3) is 0 Å². The van der Waals surface area contributed by atoms with E-state index in [9.17, 15) is 16.8 Å². The summed E-state index contributed by atoms with van der Waals surface area (Å²) in [7, 11) is -7.05. The fourth-order valence-corrected chi connectivity index (χ4v) is 4.22. The van der Waals surface area contributed by atoms with Crippen LogP contribution in [0.3, 0.4) is 0 Å². The lowest BCUT2D eigenvalue weighted by atomic mass is 10.1. The SMILES string of the molecule is NS(=O)(=O)c1cccc2c1CS(=O)(=O)C2. The summed E-state index contributed by atoms with van der Waals surface area (Å²) in [5.74, 6) is -0.347. The predicted molar refractivity (Wildman–Crippen MR) is 54.1 cm³/mol. The van der Waals surface area contributed by atoms with E-state index in [4.69, 9.17) is 5.14 Å². The van der Waals surface area contributed by atoms with E-state index in [0.29, 0.717) is 11.1 Å². The summed E-state index contributed by atoms with van der Waals surface area (Å²) in [6.45, 7) is 0. The van der Waals surface area contributed by atoms with E-state index in [0.717, 1.165) is 0 Å². The second kappa shape index (κ2) is 3.03. The first-order chi connectivity index (χ1) is 6.80. The quantitative estimate of drug-likeness (QED) is 0.741. The number of sulfonamides is 1.